The number of nitrogens with two attached hydrogens (primary N) is 2. The maximum Gasteiger partial charge on any atom is 0.323 e. The second kappa shape index (κ2) is 7.92. The highest BCUT2D eigenvalue weighted by Gasteiger charge is 2.27. The van der Waals surface area contributed by atoms with E-state index in [4.69, 9.17) is 23.1 Å². The van der Waals surface area contributed by atoms with Crippen LogP contribution < -0.4 is 11.5 Å². The number of hydrogen-bond acceptors (Lipinski definition) is 4. The number of rotatable bonds is 6. The van der Waals surface area contributed by atoms with Gasteiger partial charge >= 0.3 is 5.97 Å². The molecule has 0 fully saturated rings. The number of nitrogens with zero attached hydrogens (tertiary/aromatic N) is 1. The zero-order valence-corrected chi connectivity index (χ0v) is 13.9. The molecule has 5 N–H and O–H groups in total. The van der Waals surface area contributed by atoms with Gasteiger partial charge in [0.25, 0.3) is 0 Å². The summed E-state index contributed by atoms with van der Waals surface area (Å²) in [6.45, 7) is 3.67. The van der Waals surface area contributed by atoms with E-state index in [1.54, 1.807) is 18.2 Å². The van der Waals surface area contributed by atoms with Gasteiger partial charge in [0.05, 0.1) is 5.02 Å². The third kappa shape index (κ3) is 4.43. The first-order chi connectivity index (χ1) is 11.8. The zero-order valence-electron chi connectivity index (χ0n) is 13.2. The van der Waals surface area contributed by atoms with Gasteiger partial charge in [0, 0.05) is 17.5 Å². The number of halogens is 2. The molecule has 0 aromatic heterocycles. The SMILES string of the molecule is C=Cc1ccc(C=NC(c2cc(F)c(Cl)cc2N)C(N)C(=O)O)cc1. The van der Waals surface area contributed by atoms with E-state index in [1.807, 2.05) is 12.1 Å². The summed E-state index contributed by atoms with van der Waals surface area (Å²) in [4.78, 5) is 15.5. The van der Waals surface area contributed by atoms with Crippen LogP contribution in [0.15, 0.2) is 48.0 Å². The second-order valence-electron chi connectivity index (χ2n) is 5.35. The molecule has 0 spiro atoms. The van der Waals surface area contributed by atoms with Crippen molar-refractivity contribution in [3.8, 4) is 0 Å². The van der Waals surface area contributed by atoms with Crippen molar-refractivity contribution >= 4 is 35.5 Å². The summed E-state index contributed by atoms with van der Waals surface area (Å²) in [7, 11) is 0. The standard InChI is InChI=1S/C18H17ClFN3O2/c1-2-10-3-5-11(6-4-10)9-23-17(16(22)18(24)25)12-7-14(20)13(19)8-15(12)21/h2-9,16-17H,1,21-22H2,(H,24,25). The molecule has 2 aromatic carbocycles. The normalized spacial score (nSPS) is 13.6. The summed E-state index contributed by atoms with van der Waals surface area (Å²) in [5.41, 5.74) is 13.5. The largest absolute Gasteiger partial charge is 0.480 e. The Kier molecular flexibility index (Phi) is 5.90. The molecule has 0 radical (unpaired) electrons. The molecule has 0 saturated carbocycles. The predicted molar refractivity (Wildman–Crippen MR) is 98.3 cm³/mol. The summed E-state index contributed by atoms with van der Waals surface area (Å²) in [5, 5.41) is 9.06. The van der Waals surface area contributed by atoms with Gasteiger partial charge in [-0.05, 0) is 23.3 Å². The number of carboxylic acid groups (broad SMARTS) is 1. The second-order valence-corrected chi connectivity index (χ2v) is 5.76. The van der Waals surface area contributed by atoms with E-state index in [0.29, 0.717) is 0 Å². The molecule has 0 saturated heterocycles. The van der Waals surface area contributed by atoms with Gasteiger partial charge in [-0.3, -0.25) is 9.79 Å². The van der Waals surface area contributed by atoms with Gasteiger partial charge in [-0.25, -0.2) is 4.39 Å². The van der Waals surface area contributed by atoms with Crippen LogP contribution in [0.2, 0.25) is 5.02 Å². The van der Waals surface area contributed by atoms with Crippen LogP contribution in [-0.4, -0.2) is 23.3 Å². The van der Waals surface area contributed by atoms with E-state index < -0.39 is 23.9 Å². The van der Waals surface area contributed by atoms with E-state index in [-0.39, 0.29) is 16.3 Å². The number of benzene rings is 2. The maximum atomic E-state index is 13.8. The van der Waals surface area contributed by atoms with Crippen LogP contribution in [0.3, 0.4) is 0 Å². The third-order valence-electron chi connectivity index (χ3n) is 3.63. The Morgan fingerprint density at radius 2 is 1.88 bits per heavy atom. The van der Waals surface area contributed by atoms with Crippen molar-refractivity contribution in [3.63, 3.8) is 0 Å². The van der Waals surface area contributed by atoms with Crippen molar-refractivity contribution in [1.29, 1.82) is 0 Å². The molecule has 0 aliphatic heterocycles. The number of carbonyl (C=O) groups is 1. The number of aliphatic imine (C=N–C) groups is 1. The van der Waals surface area contributed by atoms with E-state index >= 15 is 0 Å². The van der Waals surface area contributed by atoms with Gasteiger partial charge in [-0.1, -0.05) is 48.5 Å². The fourth-order valence-corrected chi connectivity index (χ4v) is 2.39. The molecule has 2 atom stereocenters. The maximum absolute atomic E-state index is 13.8. The lowest BCUT2D eigenvalue weighted by Crippen LogP contribution is -2.36. The molecule has 0 bridgehead atoms. The van der Waals surface area contributed by atoms with Crippen LogP contribution in [0.25, 0.3) is 6.08 Å². The van der Waals surface area contributed by atoms with Crippen LogP contribution in [0.5, 0.6) is 0 Å². The number of anilines is 1. The van der Waals surface area contributed by atoms with Crippen molar-refractivity contribution in [2.24, 2.45) is 10.7 Å². The smallest absolute Gasteiger partial charge is 0.323 e. The summed E-state index contributed by atoms with van der Waals surface area (Å²) in [5.74, 6) is -2.00. The average Bonchev–Trinajstić information content (AvgIpc) is 2.59. The Morgan fingerprint density at radius 1 is 1.28 bits per heavy atom. The van der Waals surface area contributed by atoms with E-state index in [1.165, 1.54) is 12.3 Å². The highest BCUT2D eigenvalue weighted by atomic mass is 35.5. The lowest BCUT2D eigenvalue weighted by Gasteiger charge is -2.19. The van der Waals surface area contributed by atoms with Crippen molar-refractivity contribution in [1.82, 2.24) is 0 Å². The van der Waals surface area contributed by atoms with Crippen molar-refractivity contribution in [3.05, 3.63) is 70.5 Å². The molecular weight excluding hydrogens is 345 g/mol. The molecule has 0 aliphatic carbocycles. The lowest BCUT2D eigenvalue weighted by molar-refractivity contribution is -0.139. The number of aliphatic carboxylic acids is 1. The minimum Gasteiger partial charge on any atom is -0.480 e. The highest BCUT2D eigenvalue weighted by molar-refractivity contribution is 6.31. The first-order valence-electron chi connectivity index (χ1n) is 7.32. The van der Waals surface area contributed by atoms with Gasteiger partial charge in [-0.2, -0.15) is 0 Å². The lowest BCUT2D eigenvalue weighted by atomic mass is 9.98. The quantitative estimate of drug-likeness (QED) is 0.542. The van der Waals surface area contributed by atoms with Gasteiger partial charge < -0.3 is 16.6 Å². The van der Waals surface area contributed by atoms with Gasteiger partial charge in [0.2, 0.25) is 0 Å². The van der Waals surface area contributed by atoms with Crippen molar-refractivity contribution < 1.29 is 14.3 Å². The Labute approximate surface area is 149 Å². The fraction of sp³-hybridized carbons (Fsp3) is 0.111. The fourth-order valence-electron chi connectivity index (χ4n) is 2.22. The molecule has 25 heavy (non-hydrogen) atoms. The van der Waals surface area contributed by atoms with Crippen molar-refractivity contribution in [2.45, 2.75) is 12.1 Å². The summed E-state index contributed by atoms with van der Waals surface area (Å²) in [6.07, 6.45) is 3.16. The first-order valence-corrected chi connectivity index (χ1v) is 7.69. The molecule has 0 heterocycles. The van der Waals surface area contributed by atoms with Gasteiger partial charge in [0.1, 0.15) is 17.9 Å². The number of hydrogen-bond donors (Lipinski definition) is 3. The topological polar surface area (TPSA) is 102 Å². The summed E-state index contributed by atoms with van der Waals surface area (Å²) in [6, 6.07) is 7.04. The molecule has 0 amide bonds. The number of nitrogen functional groups attached to an aromatic ring is 1. The zero-order chi connectivity index (χ0) is 18.6. The van der Waals surface area contributed by atoms with E-state index in [9.17, 15) is 14.3 Å². The van der Waals surface area contributed by atoms with E-state index in [2.05, 4.69) is 11.6 Å². The van der Waals surface area contributed by atoms with Crippen LogP contribution >= 0.6 is 11.6 Å². The highest BCUT2D eigenvalue weighted by Crippen LogP contribution is 2.30. The third-order valence-corrected chi connectivity index (χ3v) is 3.92. The summed E-state index contributed by atoms with van der Waals surface area (Å²) >= 11 is 5.69. The average molecular weight is 362 g/mol. The van der Waals surface area contributed by atoms with Crippen LogP contribution in [0, 0.1) is 5.82 Å². The predicted octanol–water partition coefficient (Wildman–Crippen LogP) is 3.28. The molecular formula is C18H17ClFN3O2. The minimum atomic E-state index is -1.40. The van der Waals surface area contributed by atoms with Crippen LogP contribution in [0.1, 0.15) is 22.7 Å². The van der Waals surface area contributed by atoms with E-state index in [0.717, 1.165) is 17.2 Å². The van der Waals surface area contributed by atoms with Crippen LogP contribution in [-0.2, 0) is 4.79 Å². The molecule has 130 valence electrons. The van der Waals surface area contributed by atoms with Crippen molar-refractivity contribution in [2.75, 3.05) is 5.73 Å². The Morgan fingerprint density at radius 3 is 2.44 bits per heavy atom. The molecule has 7 heteroatoms. The Bertz CT molecular complexity index is 822. The van der Waals surface area contributed by atoms with Crippen LogP contribution in [0.4, 0.5) is 10.1 Å². The Balaban J connectivity index is 2.42. The molecule has 5 nitrogen and oxygen atoms in total. The molecule has 2 rings (SSSR count). The summed E-state index contributed by atoms with van der Waals surface area (Å²) < 4.78 is 13.8. The number of carboxylic acids is 1. The molecule has 2 unspecified atom stereocenters. The first kappa shape index (κ1) is 18.6. The minimum absolute atomic E-state index is 0.118. The Hall–Kier alpha value is -2.70. The van der Waals surface area contributed by atoms with Gasteiger partial charge in [-0.15, -0.1) is 0 Å². The van der Waals surface area contributed by atoms with Gasteiger partial charge in [0.15, 0.2) is 0 Å². The molecule has 0 aliphatic rings. The molecule has 2 aromatic rings. The monoisotopic (exact) mass is 361 g/mol.